The fourth-order valence-electron chi connectivity index (χ4n) is 4.94. The molecular weight excluding hydrogens is 348 g/mol. The molecule has 0 aromatic heterocycles. The van der Waals surface area contributed by atoms with Gasteiger partial charge in [-0.05, 0) is 79.3 Å². The van der Waals surface area contributed by atoms with Crippen LogP contribution in [0, 0.1) is 29.1 Å². The van der Waals surface area contributed by atoms with Crippen molar-refractivity contribution in [2.45, 2.75) is 38.6 Å². The molecule has 2 aromatic carbocycles. The maximum Gasteiger partial charge on any atom is 0.258 e. The van der Waals surface area contributed by atoms with E-state index in [1.165, 1.54) is 25.7 Å². The third kappa shape index (κ3) is 4.04. The molecule has 2 saturated carbocycles. The van der Waals surface area contributed by atoms with Crippen molar-refractivity contribution in [2.24, 2.45) is 17.8 Å². The van der Waals surface area contributed by atoms with Gasteiger partial charge in [-0.15, -0.1) is 0 Å². The smallest absolute Gasteiger partial charge is 0.258 e. The average Bonchev–Trinajstić information content (AvgIpc) is 3.36. The van der Waals surface area contributed by atoms with Crippen LogP contribution >= 0.6 is 0 Å². The van der Waals surface area contributed by atoms with E-state index in [2.05, 4.69) is 18.3 Å². The van der Waals surface area contributed by atoms with Gasteiger partial charge in [-0.1, -0.05) is 30.7 Å². The molecule has 0 radical (unpaired) electrons. The van der Waals surface area contributed by atoms with Gasteiger partial charge in [0.25, 0.3) is 5.91 Å². The molecule has 0 aliphatic heterocycles. The second kappa shape index (κ2) is 8.06. The Morgan fingerprint density at radius 1 is 1.11 bits per heavy atom. The summed E-state index contributed by atoms with van der Waals surface area (Å²) in [6.07, 6.45) is 5.33. The minimum absolute atomic E-state index is 0.0430. The van der Waals surface area contributed by atoms with Gasteiger partial charge in [-0.2, -0.15) is 5.26 Å². The summed E-state index contributed by atoms with van der Waals surface area (Å²) in [6.45, 7) is 2.18. The number of carbonyl (C=O) groups excluding carboxylic acids is 1. The normalized spacial score (nSPS) is 23.8. The molecular formula is C24H26N2O2. The molecule has 1 amide bonds. The van der Waals surface area contributed by atoms with E-state index in [-0.39, 0.29) is 18.6 Å². The van der Waals surface area contributed by atoms with Crippen molar-refractivity contribution in [2.75, 3.05) is 6.61 Å². The van der Waals surface area contributed by atoms with Crippen molar-refractivity contribution in [1.29, 1.82) is 5.26 Å². The largest absolute Gasteiger partial charge is 0.484 e. The van der Waals surface area contributed by atoms with Gasteiger partial charge >= 0.3 is 0 Å². The number of nitriles is 1. The number of benzene rings is 2. The van der Waals surface area contributed by atoms with Gasteiger partial charge in [0.2, 0.25) is 0 Å². The summed E-state index contributed by atoms with van der Waals surface area (Å²) >= 11 is 0. The summed E-state index contributed by atoms with van der Waals surface area (Å²) in [4.78, 5) is 12.3. The number of nitrogens with one attached hydrogen (secondary N) is 1. The zero-order valence-electron chi connectivity index (χ0n) is 16.2. The van der Waals surface area contributed by atoms with Crippen LogP contribution in [0.25, 0.3) is 11.1 Å². The van der Waals surface area contributed by atoms with Crippen molar-refractivity contribution >= 4 is 5.91 Å². The molecule has 28 heavy (non-hydrogen) atoms. The Balaban J connectivity index is 1.27. The number of ether oxygens (including phenoxy) is 1. The van der Waals surface area contributed by atoms with E-state index in [4.69, 9.17) is 10.00 Å². The number of rotatable bonds is 6. The van der Waals surface area contributed by atoms with Gasteiger partial charge in [0.1, 0.15) is 5.75 Å². The molecule has 0 spiro atoms. The Hall–Kier alpha value is -2.80. The zero-order chi connectivity index (χ0) is 19.5. The van der Waals surface area contributed by atoms with Crippen LogP contribution in [0.4, 0.5) is 0 Å². The molecule has 2 aliphatic rings. The third-order valence-corrected chi connectivity index (χ3v) is 6.40. The van der Waals surface area contributed by atoms with Crippen molar-refractivity contribution in [3.8, 4) is 22.9 Å². The van der Waals surface area contributed by atoms with E-state index >= 15 is 0 Å². The second-order valence-electron chi connectivity index (χ2n) is 8.20. The van der Waals surface area contributed by atoms with Crippen LogP contribution < -0.4 is 10.1 Å². The minimum Gasteiger partial charge on any atom is -0.484 e. The van der Waals surface area contributed by atoms with Gasteiger partial charge < -0.3 is 10.1 Å². The summed E-state index contributed by atoms with van der Waals surface area (Å²) < 4.78 is 5.67. The van der Waals surface area contributed by atoms with Crippen LogP contribution in [0.15, 0.2) is 48.5 Å². The molecule has 1 N–H and O–H groups in total. The predicted molar refractivity (Wildman–Crippen MR) is 109 cm³/mol. The van der Waals surface area contributed by atoms with Crippen molar-refractivity contribution < 1.29 is 9.53 Å². The summed E-state index contributed by atoms with van der Waals surface area (Å²) in [7, 11) is 0. The number of nitrogens with zero attached hydrogens (tertiary/aromatic N) is 1. The molecule has 0 heterocycles. The molecule has 2 aromatic rings. The lowest BCUT2D eigenvalue weighted by Crippen LogP contribution is -2.42. The van der Waals surface area contributed by atoms with Gasteiger partial charge in [0.15, 0.2) is 6.61 Å². The van der Waals surface area contributed by atoms with Gasteiger partial charge in [0, 0.05) is 6.04 Å². The fourth-order valence-corrected chi connectivity index (χ4v) is 4.94. The van der Waals surface area contributed by atoms with Gasteiger partial charge in [-0.3, -0.25) is 4.79 Å². The summed E-state index contributed by atoms with van der Waals surface area (Å²) in [6, 6.07) is 17.5. The molecule has 2 bridgehead atoms. The summed E-state index contributed by atoms with van der Waals surface area (Å²) in [5.41, 5.74) is 2.74. The van der Waals surface area contributed by atoms with E-state index in [0.29, 0.717) is 17.2 Å². The third-order valence-electron chi connectivity index (χ3n) is 6.40. The molecule has 144 valence electrons. The Labute approximate surface area is 166 Å². The first-order chi connectivity index (χ1) is 13.6. The highest BCUT2D eigenvalue weighted by Gasteiger charge is 2.42. The summed E-state index contributed by atoms with van der Waals surface area (Å²) in [5, 5.41) is 12.0. The molecule has 2 fully saturated rings. The van der Waals surface area contributed by atoms with E-state index in [1.54, 1.807) is 12.1 Å². The monoisotopic (exact) mass is 374 g/mol. The maximum absolute atomic E-state index is 12.3. The molecule has 2 aliphatic carbocycles. The summed E-state index contributed by atoms with van der Waals surface area (Å²) in [5.74, 6) is 2.96. The first-order valence-corrected chi connectivity index (χ1v) is 10.1. The lowest BCUT2D eigenvalue weighted by molar-refractivity contribution is -0.124. The highest BCUT2D eigenvalue weighted by Crippen LogP contribution is 2.49. The van der Waals surface area contributed by atoms with Gasteiger partial charge in [0.05, 0.1) is 11.6 Å². The van der Waals surface area contributed by atoms with Crippen LogP contribution in [-0.2, 0) is 4.79 Å². The molecule has 4 heteroatoms. The molecule has 4 unspecified atom stereocenters. The number of hydrogen-bond acceptors (Lipinski definition) is 3. The standard InChI is InChI=1S/C24H26N2O2/c1-16(23-13-18-4-7-21(23)12-18)26-24(27)15-28-22-10-8-20(9-11-22)19-5-2-17(14-25)3-6-19/h2-3,5-6,8-11,16,18,21,23H,4,7,12-13,15H2,1H3,(H,26,27). The van der Waals surface area contributed by atoms with Crippen LogP contribution in [0.3, 0.4) is 0 Å². The maximum atomic E-state index is 12.3. The Kier molecular flexibility index (Phi) is 5.34. The van der Waals surface area contributed by atoms with Crippen molar-refractivity contribution in [1.82, 2.24) is 5.32 Å². The Morgan fingerprint density at radius 3 is 2.36 bits per heavy atom. The fraction of sp³-hybridized carbons (Fsp3) is 0.417. The number of carbonyl (C=O) groups is 1. The number of amides is 1. The Bertz CT molecular complexity index is 867. The van der Waals surface area contributed by atoms with E-state index < -0.39 is 0 Å². The zero-order valence-corrected chi connectivity index (χ0v) is 16.2. The second-order valence-corrected chi connectivity index (χ2v) is 8.20. The number of fused-ring (bicyclic) bond motifs is 2. The van der Waals surface area contributed by atoms with Crippen LogP contribution in [0.5, 0.6) is 5.75 Å². The van der Waals surface area contributed by atoms with Crippen LogP contribution in [-0.4, -0.2) is 18.6 Å². The van der Waals surface area contributed by atoms with E-state index in [9.17, 15) is 4.79 Å². The number of hydrogen-bond donors (Lipinski definition) is 1. The van der Waals surface area contributed by atoms with E-state index in [0.717, 1.165) is 23.0 Å². The quantitative estimate of drug-likeness (QED) is 0.807. The topological polar surface area (TPSA) is 62.1 Å². The first kappa shape index (κ1) is 18.6. The average molecular weight is 374 g/mol. The highest BCUT2D eigenvalue weighted by molar-refractivity contribution is 5.78. The Morgan fingerprint density at radius 2 is 1.79 bits per heavy atom. The van der Waals surface area contributed by atoms with E-state index in [1.807, 2.05) is 36.4 Å². The lowest BCUT2D eigenvalue weighted by Gasteiger charge is -2.28. The molecule has 4 rings (SSSR count). The lowest BCUT2D eigenvalue weighted by atomic mass is 9.84. The van der Waals surface area contributed by atoms with Crippen molar-refractivity contribution in [3.05, 3.63) is 54.1 Å². The van der Waals surface area contributed by atoms with Crippen molar-refractivity contribution in [3.63, 3.8) is 0 Å². The van der Waals surface area contributed by atoms with Gasteiger partial charge in [-0.25, -0.2) is 0 Å². The molecule has 4 atom stereocenters. The highest BCUT2D eigenvalue weighted by atomic mass is 16.5. The minimum atomic E-state index is -0.0496. The molecule has 4 nitrogen and oxygen atoms in total. The molecule has 0 saturated heterocycles. The predicted octanol–water partition coefficient (Wildman–Crippen LogP) is 4.54. The SMILES string of the molecule is CC(NC(=O)COc1ccc(-c2ccc(C#N)cc2)cc1)C1CC2CCC1C2. The first-order valence-electron chi connectivity index (χ1n) is 10.1. The van der Waals surface area contributed by atoms with Crippen LogP contribution in [0.1, 0.15) is 38.2 Å². The van der Waals surface area contributed by atoms with Crippen LogP contribution in [0.2, 0.25) is 0 Å².